The standard InChI is InChI=1S/C14H18F3N3O/c1-18-9-12-6-3-7-20(12)13(21)19-11-5-2-4-10(8-11)14(15,16)17/h2,4-5,8,12,18H,3,6-7,9H2,1H3,(H,19,21). The zero-order valence-corrected chi connectivity index (χ0v) is 11.7. The summed E-state index contributed by atoms with van der Waals surface area (Å²) in [5.74, 6) is 0. The second kappa shape index (κ2) is 6.34. The third kappa shape index (κ3) is 3.87. The van der Waals surface area contributed by atoms with Crippen molar-refractivity contribution in [3.63, 3.8) is 0 Å². The van der Waals surface area contributed by atoms with Gasteiger partial charge in [-0.3, -0.25) is 0 Å². The molecule has 1 aromatic rings. The first-order valence-corrected chi connectivity index (χ1v) is 6.81. The predicted molar refractivity (Wildman–Crippen MR) is 74.1 cm³/mol. The van der Waals surface area contributed by atoms with Gasteiger partial charge in [0.05, 0.1) is 5.56 Å². The molecule has 0 aliphatic carbocycles. The maximum Gasteiger partial charge on any atom is 0.416 e. The number of rotatable bonds is 3. The summed E-state index contributed by atoms with van der Waals surface area (Å²) in [5.41, 5.74) is -0.613. The number of nitrogens with one attached hydrogen (secondary N) is 2. The summed E-state index contributed by atoms with van der Waals surface area (Å²) in [4.78, 5) is 13.8. The molecule has 2 rings (SSSR count). The van der Waals surface area contributed by atoms with Crippen LogP contribution in [0.3, 0.4) is 0 Å². The topological polar surface area (TPSA) is 44.4 Å². The predicted octanol–water partition coefficient (Wildman–Crippen LogP) is 2.92. The SMILES string of the molecule is CNCC1CCCN1C(=O)Nc1cccc(C(F)(F)F)c1. The highest BCUT2D eigenvalue weighted by Crippen LogP contribution is 2.30. The van der Waals surface area contributed by atoms with Gasteiger partial charge in [-0.15, -0.1) is 0 Å². The van der Waals surface area contributed by atoms with E-state index in [9.17, 15) is 18.0 Å². The molecule has 2 N–H and O–H groups in total. The number of urea groups is 1. The van der Waals surface area contributed by atoms with Crippen molar-refractivity contribution in [2.75, 3.05) is 25.5 Å². The fraction of sp³-hybridized carbons (Fsp3) is 0.500. The summed E-state index contributed by atoms with van der Waals surface area (Å²) in [5, 5.41) is 5.56. The molecule has 0 aromatic heterocycles. The normalized spacial score (nSPS) is 18.9. The Balaban J connectivity index is 2.06. The smallest absolute Gasteiger partial charge is 0.320 e. The molecule has 1 unspecified atom stereocenters. The molecule has 0 spiro atoms. The van der Waals surface area contributed by atoms with E-state index in [0.29, 0.717) is 13.1 Å². The second-order valence-electron chi connectivity index (χ2n) is 5.06. The Kier molecular flexibility index (Phi) is 4.72. The van der Waals surface area contributed by atoms with E-state index in [4.69, 9.17) is 0 Å². The highest BCUT2D eigenvalue weighted by Gasteiger charge is 2.31. The van der Waals surface area contributed by atoms with Crippen molar-refractivity contribution in [1.82, 2.24) is 10.2 Å². The second-order valence-corrected chi connectivity index (χ2v) is 5.06. The molecule has 21 heavy (non-hydrogen) atoms. The van der Waals surface area contributed by atoms with Gasteiger partial charge in [0.1, 0.15) is 0 Å². The Morgan fingerprint density at radius 1 is 1.43 bits per heavy atom. The van der Waals surface area contributed by atoms with Crippen molar-refractivity contribution < 1.29 is 18.0 Å². The van der Waals surface area contributed by atoms with Crippen LogP contribution in [0.15, 0.2) is 24.3 Å². The maximum atomic E-state index is 12.6. The van der Waals surface area contributed by atoms with Gasteiger partial charge in [-0.1, -0.05) is 6.07 Å². The Morgan fingerprint density at radius 3 is 2.86 bits per heavy atom. The number of carbonyl (C=O) groups is 1. The van der Waals surface area contributed by atoms with E-state index < -0.39 is 11.7 Å². The lowest BCUT2D eigenvalue weighted by Gasteiger charge is -2.25. The minimum absolute atomic E-state index is 0.0841. The van der Waals surface area contributed by atoms with E-state index in [-0.39, 0.29) is 17.8 Å². The molecule has 2 amide bonds. The maximum absolute atomic E-state index is 12.6. The van der Waals surface area contributed by atoms with E-state index in [1.165, 1.54) is 12.1 Å². The van der Waals surface area contributed by atoms with Crippen LogP contribution in [0.4, 0.5) is 23.7 Å². The zero-order valence-electron chi connectivity index (χ0n) is 11.7. The lowest BCUT2D eigenvalue weighted by molar-refractivity contribution is -0.137. The molecular formula is C14H18F3N3O. The third-order valence-corrected chi connectivity index (χ3v) is 3.52. The van der Waals surface area contributed by atoms with Crippen LogP contribution >= 0.6 is 0 Å². The molecule has 1 saturated heterocycles. The number of alkyl halides is 3. The summed E-state index contributed by atoms with van der Waals surface area (Å²) in [6, 6.07) is 4.40. The average molecular weight is 301 g/mol. The zero-order chi connectivity index (χ0) is 15.5. The molecule has 1 heterocycles. The molecular weight excluding hydrogens is 283 g/mol. The van der Waals surface area contributed by atoms with Gasteiger partial charge >= 0.3 is 12.2 Å². The van der Waals surface area contributed by atoms with Crippen molar-refractivity contribution in [3.8, 4) is 0 Å². The molecule has 116 valence electrons. The van der Waals surface area contributed by atoms with Crippen LogP contribution in [0.5, 0.6) is 0 Å². The van der Waals surface area contributed by atoms with E-state index in [2.05, 4.69) is 10.6 Å². The van der Waals surface area contributed by atoms with Gasteiger partial charge in [0.2, 0.25) is 0 Å². The first-order chi connectivity index (χ1) is 9.91. The highest BCUT2D eigenvalue weighted by atomic mass is 19.4. The third-order valence-electron chi connectivity index (χ3n) is 3.52. The minimum Gasteiger partial charge on any atom is -0.320 e. The quantitative estimate of drug-likeness (QED) is 0.901. The van der Waals surface area contributed by atoms with Crippen molar-refractivity contribution in [3.05, 3.63) is 29.8 Å². The van der Waals surface area contributed by atoms with Crippen LogP contribution in [0.25, 0.3) is 0 Å². The van der Waals surface area contributed by atoms with Crippen molar-refractivity contribution in [2.24, 2.45) is 0 Å². The summed E-state index contributed by atoms with van der Waals surface area (Å²) >= 11 is 0. The van der Waals surface area contributed by atoms with E-state index in [1.807, 2.05) is 0 Å². The van der Waals surface area contributed by atoms with Crippen LogP contribution in [-0.2, 0) is 6.18 Å². The molecule has 1 fully saturated rings. The van der Waals surface area contributed by atoms with Crippen LogP contribution in [-0.4, -0.2) is 37.1 Å². The van der Waals surface area contributed by atoms with Crippen molar-refractivity contribution in [1.29, 1.82) is 0 Å². The summed E-state index contributed by atoms with van der Waals surface area (Å²) in [7, 11) is 1.81. The number of amides is 2. The Bertz CT molecular complexity index is 504. The number of halogens is 3. The van der Waals surface area contributed by atoms with Crippen LogP contribution < -0.4 is 10.6 Å². The molecule has 0 bridgehead atoms. The van der Waals surface area contributed by atoms with Crippen molar-refractivity contribution >= 4 is 11.7 Å². The first kappa shape index (κ1) is 15.6. The number of hydrogen-bond acceptors (Lipinski definition) is 2. The number of likely N-dealkylation sites (N-methyl/N-ethyl adjacent to an activating group) is 1. The summed E-state index contributed by atoms with van der Waals surface area (Å²) in [6.07, 6.45) is -2.61. The molecule has 0 saturated carbocycles. The fourth-order valence-electron chi connectivity index (χ4n) is 2.52. The fourth-order valence-corrected chi connectivity index (χ4v) is 2.52. The highest BCUT2D eigenvalue weighted by molar-refractivity contribution is 5.89. The van der Waals surface area contributed by atoms with Gasteiger partial charge in [0.15, 0.2) is 0 Å². The average Bonchev–Trinajstić information content (AvgIpc) is 2.87. The van der Waals surface area contributed by atoms with Crippen LogP contribution in [0.1, 0.15) is 18.4 Å². The molecule has 1 atom stereocenters. The van der Waals surface area contributed by atoms with Gasteiger partial charge in [-0.2, -0.15) is 13.2 Å². The largest absolute Gasteiger partial charge is 0.416 e. The van der Waals surface area contributed by atoms with E-state index >= 15 is 0 Å². The summed E-state index contributed by atoms with van der Waals surface area (Å²) < 4.78 is 37.9. The molecule has 1 aliphatic heterocycles. The van der Waals surface area contributed by atoms with E-state index in [1.54, 1.807) is 11.9 Å². The van der Waals surface area contributed by atoms with Gasteiger partial charge in [-0.05, 0) is 38.1 Å². The van der Waals surface area contributed by atoms with Gasteiger partial charge in [0, 0.05) is 24.8 Å². The Hall–Kier alpha value is -1.76. The van der Waals surface area contributed by atoms with Gasteiger partial charge in [-0.25, -0.2) is 4.79 Å². The number of likely N-dealkylation sites (tertiary alicyclic amines) is 1. The van der Waals surface area contributed by atoms with Crippen molar-refractivity contribution in [2.45, 2.75) is 25.1 Å². The molecule has 7 heteroatoms. The van der Waals surface area contributed by atoms with E-state index in [0.717, 1.165) is 25.0 Å². The summed E-state index contributed by atoms with van der Waals surface area (Å²) in [6.45, 7) is 1.30. The monoisotopic (exact) mass is 301 g/mol. The molecule has 4 nitrogen and oxygen atoms in total. The van der Waals surface area contributed by atoms with Gasteiger partial charge in [0.25, 0.3) is 0 Å². The number of anilines is 1. The number of hydrogen-bond donors (Lipinski definition) is 2. The molecule has 1 aliphatic rings. The lowest BCUT2D eigenvalue weighted by Crippen LogP contribution is -2.43. The van der Waals surface area contributed by atoms with Gasteiger partial charge < -0.3 is 15.5 Å². The number of carbonyl (C=O) groups excluding carboxylic acids is 1. The lowest BCUT2D eigenvalue weighted by atomic mass is 10.2. The first-order valence-electron chi connectivity index (χ1n) is 6.81. The Labute approximate surface area is 121 Å². The minimum atomic E-state index is -4.41. The number of nitrogens with zero attached hydrogens (tertiary/aromatic N) is 1. The molecule has 1 aromatic carbocycles. The Morgan fingerprint density at radius 2 is 2.19 bits per heavy atom. The number of benzene rings is 1. The van der Waals surface area contributed by atoms with Crippen LogP contribution in [0, 0.1) is 0 Å². The molecule has 0 radical (unpaired) electrons. The van der Waals surface area contributed by atoms with Crippen LogP contribution in [0.2, 0.25) is 0 Å².